The molecule has 2 rings (SSSR count). The normalized spacial score (nSPS) is 12.4. The first-order chi connectivity index (χ1) is 9.47. The number of aryl methyl sites for hydroxylation is 2. The molecule has 1 nitrogen and oxygen atoms in total. The SMILES string of the molecule is Cc1ccc(C)c(CC(N)Cc2cccc(F)c2F)c1. The maximum Gasteiger partial charge on any atom is 0.162 e. The van der Waals surface area contributed by atoms with Crippen molar-refractivity contribution >= 4 is 0 Å². The van der Waals surface area contributed by atoms with Crippen molar-refractivity contribution in [1.29, 1.82) is 0 Å². The van der Waals surface area contributed by atoms with Crippen LogP contribution in [0.1, 0.15) is 22.3 Å². The molecule has 3 heteroatoms. The molecule has 2 aromatic carbocycles. The molecule has 0 radical (unpaired) electrons. The second-order valence-electron chi connectivity index (χ2n) is 5.31. The van der Waals surface area contributed by atoms with Gasteiger partial charge in [-0.05, 0) is 49.4 Å². The number of rotatable bonds is 4. The number of hydrogen-bond acceptors (Lipinski definition) is 1. The Hall–Kier alpha value is -1.74. The maximum atomic E-state index is 13.6. The summed E-state index contributed by atoms with van der Waals surface area (Å²) in [5.74, 6) is -1.61. The molecule has 0 aromatic heterocycles. The molecule has 0 aliphatic heterocycles. The molecule has 106 valence electrons. The summed E-state index contributed by atoms with van der Waals surface area (Å²) in [4.78, 5) is 0. The standard InChI is InChI=1S/C17H19F2N/c1-11-6-7-12(2)14(8-11)10-15(20)9-13-4-3-5-16(18)17(13)19/h3-8,15H,9-10,20H2,1-2H3. The quantitative estimate of drug-likeness (QED) is 0.904. The van der Waals surface area contributed by atoms with Gasteiger partial charge in [0.15, 0.2) is 11.6 Å². The highest BCUT2D eigenvalue weighted by molar-refractivity contribution is 5.31. The Labute approximate surface area is 118 Å². The predicted octanol–water partition coefficient (Wildman–Crippen LogP) is 3.69. The Morgan fingerprint density at radius 3 is 2.45 bits per heavy atom. The van der Waals surface area contributed by atoms with Crippen LogP contribution in [0.5, 0.6) is 0 Å². The smallest absolute Gasteiger partial charge is 0.162 e. The molecule has 0 spiro atoms. The summed E-state index contributed by atoms with van der Waals surface area (Å²) in [7, 11) is 0. The third-order valence-electron chi connectivity index (χ3n) is 3.50. The second kappa shape index (κ2) is 6.14. The van der Waals surface area contributed by atoms with Crippen LogP contribution in [0.3, 0.4) is 0 Å². The van der Waals surface area contributed by atoms with Crippen molar-refractivity contribution in [3.63, 3.8) is 0 Å². The molecule has 20 heavy (non-hydrogen) atoms. The zero-order chi connectivity index (χ0) is 14.7. The Morgan fingerprint density at radius 2 is 1.70 bits per heavy atom. The summed E-state index contributed by atoms with van der Waals surface area (Å²) in [5, 5.41) is 0. The van der Waals surface area contributed by atoms with Gasteiger partial charge in [-0.15, -0.1) is 0 Å². The van der Waals surface area contributed by atoms with Gasteiger partial charge < -0.3 is 5.73 Å². The fourth-order valence-electron chi connectivity index (χ4n) is 2.36. The zero-order valence-corrected chi connectivity index (χ0v) is 11.8. The molecule has 0 aliphatic rings. The first-order valence-corrected chi connectivity index (χ1v) is 6.72. The van der Waals surface area contributed by atoms with Gasteiger partial charge in [-0.25, -0.2) is 8.78 Å². The lowest BCUT2D eigenvalue weighted by molar-refractivity contribution is 0.492. The Bertz CT molecular complexity index is 604. The Balaban J connectivity index is 2.11. The fourth-order valence-corrected chi connectivity index (χ4v) is 2.36. The first kappa shape index (κ1) is 14.7. The third kappa shape index (κ3) is 3.42. The molecule has 1 unspecified atom stereocenters. The largest absolute Gasteiger partial charge is 0.327 e. The Morgan fingerprint density at radius 1 is 1.00 bits per heavy atom. The van der Waals surface area contributed by atoms with Crippen molar-refractivity contribution in [1.82, 2.24) is 0 Å². The molecule has 0 heterocycles. The molecule has 2 aromatic rings. The van der Waals surface area contributed by atoms with Gasteiger partial charge in [0.2, 0.25) is 0 Å². The van der Waals surface area contributed by atoms with E-state index in [2.05, 4.69) is 18.2 Å². The molecule has 0 saturated carbocycles. The summed E-state index contributed by atoms with van der Waals surface area (Å²) in [6.45, 7) is 4.06. The van der Waals surface area contributed by atoms with Gasteiger partial charge >= 0.3 is 0 Å². The summed E-state index contributed by atoms with van der Waals surface area (Å²) in [5.41, 5.74) is 9.93. The van der Waals surface area contributed by atoms with Crippen molar-refractivity contribution in [2.45, 2.75) is 32.7 Å². The van der Waals surface area contributed by atoms with Crippen LogP contribution in [0, 0.1) is 25.5 Å². The predicted molar refractivity (Wildman–Crippen MR) is 77.7 cm³/mol. The van der Waals surface area contributed by atoms with E-state index in [1.165, 1.54) is 17.2 Å². The Kier molecular flexibility index (Phi) is 4.50. The van der Waals surface area contributed by atoms with Gasteiger partial charge in [0.05, 0.1) is 0 Å². The average molecular weight is 275 g/mol. The monoisotopic (exact) mass is 275 g/mol. The van der Waals surface area contributed by atoms with Crippen molar-refractivity contribution in [3.8, 4) is 0 Å². The van der Waals surface area contributed by atoms with E-state index in [4.69, 9.17) is 5.73 Å². The van der Waals surface area contributed by atoms with Crippen molar-refractivity contribution < 1.29 is 8.78 Å². The number of benzene rings is 2. The molecular weight excluding hydrogens is 256 g/mol. The molecule has 0 bridgehead atoms. The van der Waals surface area contributed by atoms with Gasteiger partial charge in [-0.2, -0.15) is 0 Å². The molecule has 0 amide bonds. The summed E-state index contributed by atoms with van der Waals surface area (Å²) < 4.78 is 26.8. The minimum Gasteiger partial charge on any atom is -0.327 e. The zero-order valence-electron chi connectivity index (χ0n) is 11.8. The van der Waals surface area contributed by atoms with Crippen LogP contribution in [-0.2, 0) is 12.8 Å². The lowest BCUT2D eigenvalue weighted by atomic mass is 9.95. The molecular formula is C17H19F2N. The highest BCUT2D eigenvalue weighted by atomic mass is 19.2. The molecule has 1 atom stereocenters. The van der Waals surface area contributed by atoms with Crippen LogP contribution in [0.2, 0.25) is 0 Å². The lowest BCUT2D eigenvalue weighted by Gasteiger charge is -2.15. The lowest BCUT2D eigenvalue weighted by Crippen LogP contribution is -2.26. The fraction of sp³-hybridized carbons (Fsp3) is 0.294. The first-order valence-electron chi connectivity index (χ1n) is 6.72. The van der Waals surface area contributed by atoms with Gasteiger partial charge in [-0.1, -0.05) is 35.9 Å². The number of halogens is 2. The van der Waals surface area contributed by atoms with Gasteiger partial charge in [0, 0.05) is 6.04 Å². The van der Waals surface area contributed by atoms with Crippen molar-refractivity contribution in [2.24, 2.45) is 5.73 Å². The van der Waals surface area contributed by atoms with E-state index >= 15 is 0 Å². The van der Waals surface area contributed by atoms with Crippen molar-refractivity contribution in [3.05, 3.63) is 70.3 Å². The van der Waals surface area contributed by atoms with E-state index in [-0.39, 0.29) is 6.04 Å². The van der Waals surface area contributed by atoms with Crippen LogP contribution in [0.15, 0.2) is 36.4 Å². The average Bonchev–Trinajstić information content (AvgIpc) is 2.39. The summed E-state index contributed by atoms with van der Waals surface area (Å²) >= 11 is 0. The number of hydrogen-bond donors (Lipinski definition) is 1. The van der Waals surface area contributed by atoms with Crippen LogP contribution < -0.4 is 5.73 Å². The van der Waals surface area contributed by atoms with E-state index in [9.17, 15) is 8.78 Å². The highest BCUT2D eigenvalue weighted by Crippen LogP contribution is 2.16. The van der Waals surface area contributed by atoms with Crippen LogP contribution >= 0.6 is 0 Å². The topological polar surface area (TPSA) is 26.0 Å². The van der Waals surface area contributed by atoms with Gasteiger partial charge in [0.1, 0.15) is 0 Å². The summed E-state index contributed by atoms with van der Waals surface area (Å²) in [6.07, 6.45) is 0.987. The van der Waals surface area contributed by atoms with E-state index in [0.717, 1.165) is 11.6 Å². The molecule has 0 aliphatic carbocycles. The maximum absolute atomic E-state index is 13.6. The van der Waals surface area contributed by atoms with Crippen LogP contribution in [0.4, 0.5) is 8.78 Å². The van der Waals surface area contributed by atoms with Crippen LogP contribution in [-0.4, -0.2) is 6.04 Å². The van der Waals surface area contributed by atoms with E-state index in [0.29, 0.717) is 18.4 Å². The molecule has 0 fully saturated rings. The third-order valence-corrected chi connectivity index (χ3v) is 3.50. The highest BCUT2D eigenvalue weighted by Gasteiger charge is 2.13. The minimum absolute atomic E-state index is 0.230. The van der Waals surface area contributed by atoms with Crippen LogP contribution in [0.25, 0.3) is 0 Å². The minimum atomic E-state index is -0.818. The second-order valence-corrected chi connectivity index (χ2v) is 5.31. The van der Waals surface area contributed by atoms with Gasteiger partial charge in [-0.3, -0.25) is 0 Å². The van der Waals surface area contributed by atoms with E-state index in [1.54, 1.807) is 6.07 Å². The van der Waals surface area contributed by atoms with E-state index in [1.807, 2.05) is 13.8 Å². The van der Waals surface area contributed by atoms with Gasteiger partial charge in [0.25, 0.3) is 0 Å². The summed E-state index contributed by atoms with van der Waals surface area (Å²) in [6, 6.07) is 10.2. The number of nitrogens with two attached hydrogens (primary N) is 1. The van der Waals surface area contributed by atoms with E-state index < -0.39 is 11.6 Å². The molecule has 2 N–H and O–H groups in total. The van der Waals surface area contributed by atoms with Crippen molar-refractivity contribution in [2.75, 3.05) is 0 Å². The molecule has 0 saturated heterocycles.